The van der Waals surface area contributed by atoms with Crippen molar-refractivity contribution in [3.8, 4) is 0 Å². The van der Waals surface area contributed by atoms with Crippen LogP contribution < -0.4 is 0 Å². The van der Waals surface area contributed by atoms with Crippen molar-refractivity contribution in [2.24, 2.45) is 0 Å². The molecule has 1 nitrogen and oxygen atoms in total. The number of hydrogen-bond acceptors (Lipinski definition) is 1. The molecule has 0 aliphatic rings. The molecule has 0 heterocycles. The second kappa shape index (κ2) is 4.17. The van der Waals surface area contributed by atoms with E-state index in [1.807, 2.05) is 37.3 Å². The van der Waals surface area contributed by atoms with Gasteiger partial charge in [-0.2, -0.15) is 0 Å². The third kappa shape index (κ3) is 2.02. The van der Waals surface area contributed by atoms with E-state index in [0.717, 1.165) is 16.3 Å². The summed E-state index contributed by atoms with van der Waals surface area (Å²) in [5, 5.41) is 0.741. The first-order chi connectivity index (χ1) is 5.77. The fourth-order valence-corrected chi connectivity index (χ4v) is 1.14. The van der Waals surface area contributed by atoms with Crippen LogP contribution >= 0.6 is 11.6 Å². The normalized spacial score (nSPS) is 11.4. The summed E-state index contributed by atoms with van der Waals surface area (Å²) >= 11 is 5.74. The van der Waals surface area contributed by atoms with Gasteiger partial charge in [-0.05, 0) is 37.3 Å². The van der Waals surface area contributed by atoms with Gasteiger partial charge in [0.2, 0.25) is 0 Å². The molecule has 1 aromatic carbocycles. The summed E-state index contributed by atoms with van der Waals surface area (Å²) in [5.41, 5.74) is 1.05. The molecule has 1 rings (SSSR count). The van der Waals surface area contributed by atoms with Crippen molar-refractivity contribution in [2.45, 2.75) is 6.92 Å². The lowest BCUT2D eigenvalue weighted by atomic mass is 10.2. The lowest BCUT2D eigenvalue weighted by molar-refractivity contribution is 0.369. The van der Waals surface area contributed by atoms with Crippen LogP contribution in [-0.4, -0.2) is 7.11 Å². The van der Waals surface area contributed by atoms with Gasteiger partial charge in [0.25, 0.3) is 0 Å². The predicted octanol–water partition coefficient (Wildman–Crippen LogP) is 3.35. The SMILES string of the molecule is CC=C(OC)c1ccc(Cl)cc1. The molecule has 0 aliphatic heterocycles. The molecule has 0 bridgehead atoms. The van der Waals surface area contributed by atoms with Crippen molar-refractivity contribution < 1.29 is 4.74 Å². The molecule has 0 radical (unpaired) electrons. The minimum absolute atomic E-state index is 0.741. The topological polar surface area (TPSA) is 9.23 Å². The van der Waals surface area contributed by atoms with Gasteiger partial charge in [-0.15, -0.1) is 0 Å². The lowest BCUT2D eigenvalue weighted by Crippen LogP contribution is -1.85. The first-order valence-corrected chi connectivity index (χ1v) is 4.12. The van der Waals surface area contributed by atoms with E-state index in [-0.39, 0.29) is 0 Å². The third-order valence-electron chi connectivity index (χ3n) is 1.61. The van der Waals surface area contributed by atoms with Gasteiger partial charge in [0.1, 0.15) is 5.76 Å². The Morgan fingerprint density at radius 3 is 2.33 bits per heavy atom. The van der Waals surface area contributed by atoms with Gasteiger partial charge in [-0.25, -0.2) is 0 Å². The van der Waals surface area contributed by atoms with Crippen molar-refractivity contribution in [3.63, 3.8) is 0 Å². The van der Waals surface area contributed by atoms with Crippen LogP contribution in [0.15, 0.2) is 30.3 Å². The van der Waals surface area contributed by atoms with Crippen molar-refractivity contribution in [3.05, 3.63) is 40.9 Å². The van der Waals surface area contributed by atoms with E-state index in [1.54, 1.807) is 7.11 Å². The Morgan fingerprint density at radius 2 is 1.92 bits per heavy atom. The van der Waals surface area contributed by atoms with Crippen molar-refractivity contribution in [1.82, 2.24) is 0 Å². The number of ether oxygens (including phenoxy) is 1. The second-order valence-electron chi connectivity index (χ2n) is 2.36. The molecule has 0 unspecified atom stereocenters. The standard InChI is InChI=1S/C10H11ClO/c1-3-10(12-2)8-4-6-9(11)7-5-8/h3-7H,1-2H3. The van der Waals surface area contributed by atoms with Crippen LogP contribution in [-0.2, 0) is 4.74 Å². The first-order valence-electron chi connectivity index (χ1n) is 3.74. The number of rotatable bonds is 2. The Morgan fingerprint density at radius 1 is 1.33 bits per heavy atom. The predicted molar refractivity (Wildman–Crippen MR) is 52.1 cm³/mol. The fraction of sp³-hybridized carbons (Fsp3) is 0.200. The minimum Gasteiger partial charge on any atom is -0.496 e. The molecule has 0 spiro atoms. The Hall–Kier alpha value is -0.950. The van der Waals surface area contributed by atoms with Crippen LogP contribution in [0.5, 0.6) is 0 Å². The van der Waals surface area contributed by atoms with Crippen LogP contribution in [0.1, 0.15) is 12.5 Å². The van der Waals surface area contributed by atoms with E-state index in [9.17, 15) is 0 Å². The van der Waals surface area contributed by atoms with Gasteiger partial charge >= 0.3 is 0 Å². The zero-order valence-electron chi connectivity index (χ0n) is 7.17. The van der Waals surface area contributed by atoms with Gasteiger partial charge in [0.05, 0.1) is 7.11 Å². The summed E-state index contributed by atoms with van der Waals surface area (Å²) in [5.74, 6) is 0.867. The van der Waals surface area contributed by atoms with Gasteiger partial charge < -0.3 is 4.74 Å². The molecule has 2 heteroatoms. The summed E-state index contributed by atoms with van der Waals surface area (Å²) in [4.78, 5) is 0. The van der Waals surface area contributed by atoms with E-state index in [1.165, 1.54) is 0 Å². The van der Waals surface area contributed by atoms with Gasteiger partial charge in [-0.1, -0.05) is 11.6 Å². The molecule has 0 saturated carbocycles. The quantitative estimate of drug-likeness (QED) is 0.638. The number of halogens is 1. The van der Waals surface area contributed by atoms with Gasteiger partial charge in [0, 0.05) is 10.6 Å². The van der Waals surface area contributed by atoms with Gasteiger partial charge in [0.15, 0.2) is 0 Å². The summed E-state index contributed by atoms with van der Waals surface area (Å²) in [7, 11) is 1.66. The van der Waals surface area contributed by atoms with Crippen LogP contribution in [0, 0.1) is 0 Å². The maximum atomic E-state index is 5.74. The molecule has 0 saturated heterocycles. The van der Waals surface area contributed by atoms with Crippen molar-refractivity contribution in [2.75, 3.05) is 7.11 Å². The molecule has 12 heavy (non-hydrogen) atoms. The van der Waals surface area contributed by atoms with E-state index in [0.29, 0.717) is 0 Å². The van der Waals surface area contributed by atoms with Crippen molar-refractivity contribution >= 4 is 17.4 Å². The van der Waals surface area contributed by atoms with Crippen LogP contribution in [0.2, 0.25) is 5.02 Å². The lowest BCUT2D eigenvalue weighted by Gasteiger charge is -2.04. The average molecular weight is 183 g/mol. The monoisotopic (exact) mass is 182 g/mol. The van der Waals surface area contributed by atoms with E-state index in [4.69, 9.17) is 16.3 Å². The summed E-state index contributed by atoms with van der Waals surface area (Å²) < 4.78 is 5.14. The van der Waals surface area contributed by atoms with Crippen LogP contribution in [0.4, 0.5) is 0 Å². The van der Waals surface area contributed by atoms with Gasteiger partial charge in [-0.3, -0.25) is 0 Å². The number of allylic oxidation sites excluding steroid dienone is 1. The summed E-state index contributed by atoms with van der Waals surface area (Å²) in [6.45, 7) is 1.94. The molecular weight excluding hydrogens is 172 g/mol. The fourth-order valence-electron chi connectivity index (χ4n) is 1.02. The van der Waals surface area contributed by atoms with E-state index < -0.39 is 0 Å². The van der Waals surface area contributed by atoms with Crippen molar-refractivity contribution in [1.29, 1.82) is 0 Å². The largest absolute Gasteiger partial charge is 0.496 e. The van der Waals surface area contributed by atoms with E-state index in [2.05, 4.69) is 0 Å². The summed E-state index contributed by atoms with van der Waals surface area (Å²) in [6.07, 6.45) is 1.92. The molecule has 0 atom stereocenters. The maximum absolute atomic E-state index is 5.74. The third-order valence-corrected chi connectivity index (χ3v) is 1.86. The Kier molecular flexibility index (Phi) is 3.18. The highest BCUT2D eigenvalue weighted by Crippen LogP contribution is 2.17. The second-order valence-corrected chi connectivity index (χ2v) is 2.80. The Bertz CT molecular complexity index is 274. The zero-order valence-corrected chi connectivity index (χ0v) is 7.93. The molecule has 1 aromatic rings. The number of methoxy groups -OCH3 is 1. The molecule has 0 fully saturated rings. The number of hydrogen-bond donors (Lipinski definition) is 0. The highest BCUT2D eigenvalue weighted by molar-refractivity contribution is 6.30. The zero-order chi connectivity index (χ0) is 8.97. The maximum Gasteiger partial charge on any atom is 0.121 e. The average Bonchev–Trinajstić information content (AvgIpc) is 2.10. The van der Waals surface area contributed by atoms with E-state index >= 15 is 0 Å². The first kappa shape index (κ1) is 9.14. The minimum atomic E-state index is 0.741. The molecule has 0 amide bonds. The highest BCUT2D eigenvalue weighted by Gasteiger charge is 1.97. The Balaban J connectivity index is 2.96. The molecule has 0 aliphatic carbocycles. The van der Waals surface area contributed by atoms with Crippen LogP contribution in [0.3, 0.4) is 0 Å². The Labute approximate surface area is 77.6 Å². The smallest absolute Gasteiger partial charge is 0.121 e. The molecular formula is C10H11ClO. The molecule has 0 N–H and O–H groups in total. The molecule has 0 aromatic heterocycles. The highest BCUT2D eigenvalue weighted by atomic mass is 35.5. The number of benzene rings is 1. The molecule has 64 valence electrons. The summed E-state index contributed by atoms with van der Waals surface area (Å²) in [6, 6.07) is 7.56. The van der Waals surface area contributed by atoms with Crippen LogP contribution in [0.25, 0.3) is 5.76 Å².